The highest BCUT2D eigenvalue weighted by Crippen LogP contribution is 2.37. The molecule has 0 N–H and O–H groups in total. The van der Waals surface area contributed by atoms with Gasteiger partial charge in [-0.3, -0.25) is 0 Å². The lowest BCUT2D eigenvalue weighted by Gasteiger charge is -2.23. The van der Waals surface area contributed by atoms with Gasteiger partial charge in [0.25, 0.3) is 0 Å². The van der Waals surface area contributed by atoms with E-state index in [0.717, 1.165) is 11.3 Å². The van der Waals surface area contributed by atoms with E-state index in [9.17, 15) is 0 Å². The molecular weight excluding hydrogens is 303 g/mol. The van der Waals surface area contributed by atoms with Crippen molar-refractivity contribution in [2.45, 2.75) is 39.0 Å². The lowest BCUT2D eigenvalue weighted by molar-refractivity contribution is 0.455. The van der Waals surface area contributed by atoms with E-state index in [1.54, 1.807) is 0 Å². The van der Waals surface area contributed by atoms with Crippen LogP contribution in [0.5, 0.6) is 11.5 Å². The molecule has 0 spiro atoms. The Bertz CT molecular complexity index is 642. The molecule has 0 unspecified atom stereocenters. The van der Waals surface area contributed by atoms with Crippen LogP contribution in [-0.4, -0.2) is 0 Å². The SMILES string of the molecule is Cc1ccc(Oc2ccc(CCl)cc2Cl)c(C(C)(C)C)c1. The average Bonchev–Trinajstić information content (AvgIpc) is 2.41. The third-order valence-corrected chi connectivity index (χ3v) is 3.92. The van der Waals surface area contributed by atoms with Gasteiger partial charge in [-0.25, -0.2) is 0 Å². The summed E-state index contributed by atoms with van der Waals surface area (Å²) < 4.78 is 6.05. The minimum atomic E-state index is 0.00388. The van der Waals surface area contributed by atoms with Crippen LogP contribution in [-0.2, 0) is 11.3 Å². The van der Waals surface area contributed by atoms with Crippen LogP contribution < -0.4 is 4.74 Å². The summed E-state index contributed by atoms with van der Waals surface area (Å²) >= 11 is 12.1. The van der Waals surface area contributed by atoms with Crippen molar-refractivity contribution in [2.24, 2.45) is 0 Å². The lowest BCUT2D eigenvalue weighted by atomic mass is 9.85. The fourth-order valence-corrected chi connectivity index (χ4v) is 2.56. The highest BCUT2D eigenvalue weighted by atomic mass is 35.5. The molecule has 0 saturated carbocycles. The molecule has 0 fully saturated rings. The first-order valence-corrected chi connectivity index (χ1v) is 7.86. The van der Waals surface area contributed by atoms with Crippen molar-refractivity contribution in [1.82, 2.24) is 0 Å². The van der Waals surface area contributed by atoms with Crippen LogP contribution in [0.25, 0.3) is 0 Å². The smallest absolute Gasteiger partial charge is 0.146 e. The summed E-state index contributed by atoms with van der Waals surface area (Å²) in [5.41, 5.74) is 3.37. The molecule has 0 aliphatic carbocycles. The maximum atomic E-state index is 6.27. The Hall–Kier alpha value is -1.18. The Morgan fingerprint density at radius 1 is 1.00 bits per heavy atom. The summed E-state index contributed by atoms with van der Waals surface area (Å²) in [7, 11) is 0. The molecule has 0 bridgehead atoms. The molecular formula is C18H20Cl2O. The van der Waals surface area contributed by atoms with Gasteiger partial charge in [0.1, 0.15) is 11.5 Å². The van der Waals surface area contributed by atoms with E-state index in [-0.39, 0.29) is 5.41 Å². The van der Waals surface area contributed by atoms with E-state index in [0.29, 0.717) is 16.7 Å². The predicted molar refractivity (Wildman–Crippen MR) is 91.0 cm³/mol. The number of rotatable bonds is 3. The van der Waals surface area contributed by atoms with Gasteiger partial charge in [0.15, 0.2) is 0 Å². The molecule has 0 radical (unpaired) electrons. The second-order valence-electron chi connectivity index (χ2n) is 6.25. The lowest BCUT2D eigenvalue weighted by Crippen LogP contribution is -2.12. The third-order valence-electron chi connectivity index (χ3n) is 3.31. The molecule has 0 aliphatic heterocycles. The minimum absolute atomic E-state index is 0.00388. The number of halogens is 2. The van der Waals surface area contributed by atoms with E-state index in [2.05, 4.69) is 33.8 Å². The van der Waals surface area contributed by atoms with E-state index >= 15 is 0 Å². The van der Waals surface area contributed by atoms with E-state index < -0.39 is 0 Å². The number of benzene rings is 2. The van der Waals surface area contributed by atoms with Crippen LogP contribution in [0.3, 0.4) is 0 Å². The number of hydrogen-bond acceptors (Lipinski definition) is 1. The van der Waals surface area contributed by atoms with Crippen molar-refractivity contribution in [2.75, 3.05) is 0 Å². The van der Waals surface area contributed by atoms with E-state index in [1.807, 2.05) is 30.3 Å². The zero-order chi connectivity index (χ0) is 15.6. The fraction of sp³-hybridized carbons (Fsp3) is 0.333. The quantitative estimate of drug-likeness (QED) is 0.588. The third kappa shape index (κ3) is 3.93. The first kappa shape index (κ1) is 16.2. The Balaban J connectivity index is 2.40. The van der Waals surface area contributed by atoms with Gasteiger partial charge in [0.2, 0.25) is 0 Å². The van der Waals surface area contributed by atoms with Crippen molar-refractivity contribution >= 4 is 23.2 Å². The van der Waals surface area contributed by atoms with Crippen LogP contribution >= 0.6 is 23.2 Å². The molecule has 21 heavy (non-hydrogen) atoms. The van der Waals surface area contributed by atoms with Crippen molar-refractivity contribution in [1.29, 1.82) is 0 Å². The van der Waals surface area contributed by atoms with Crippen molar-refractivity contribution < 1.29 is 4.74 Å². The molecule has 1 nitrogen and oxygen atoms in total. The first-order chi connectivity index (χ1) is 9.81. The van der Waals surface area contributed by atoms with Gasteiger partial charge in [-0.2, -0.15) is 0 Å². The molecule has 0 heterocycles. The summed E-state index contributed by atoms with van der Waals surface area (Å²) in [6.45, 7) is 8.60. The van der Waals surface area contributed by atoms with E-state index in [1.165, 1.54) is 11.1 Å². The van der Waals surface area contributed by atoms with Crippen molar-refractivity contribution in [3.8, 4) is 11.5 Å². The molecule has 2 rings (SSSR count). The fourth-order valence-electron chi connectivity index (χ4n) is 2.15. The van der Waals surface area contributed by atoms with Crippen molar-refractivity contribution in [3.05, 3.63) is 58.1 Å². The van der Waals surface area contributed by atoms with Gasteiger partial charge in [0, 0.05) is 11.4 Å². The second-order valence-corrected chi connectivity index (χ2v) is 6.92. The van der Waals surface area contributed by atoms with Gasteiger partial charge in [-0.1, -0.05) is 56.1 Å². The minimum Gasteiger partial charge on any atom is -0.455 e. The van der Waals surface area contributed by atoms with Crippen LogP contribution in [0.1, 0.15) is 37.5 Å². The van der Waals surface area contributed by atoms with Gasteiger partial charge in [-0.15, -0.1) is 11.6 Å². The van der Waals surface area contributed by atoms with Crippen LogP contribution in [0.15, 0.2) is 36.4 Å². The molecule has 0 saturated heterocycles. The number of hydrogen-bond donors (Lipinski definition) is 0. The summed E-state index contributed by atoms with van der Waals surface area (Å²) in [4.78, 5) is 0. The highest BCUT2D eigenvalue weighted by Gasteiger charge is 2.20. The maximum Gasteiger partial charge on any atom is 0.146 e. The zero-order valence-electron chi connectivity index (χ0n) is 12.8. The van der Waals surface area contributed by atoms with Crippen LogP contribution in [0.2, 0.25) is 5.02 Å². The molecule has 0 atom stereocenters. The number of aryl methyl sites for hydroxylation is 1. The summed E-state index contributed by atoms with van der Waals surface area (Å²) in [5.74, 6) is 1.94. The van der Waals surface area contributed by atoms with Crippen LogP contribution in [0, 0.1) is 6.92 Å². The van der Waals surface area contributed by atoms with Crippen molar-refractivity contribution in [3.63, 3.8) is 0 Å². The maximum absolute atomic E-state index is 6.27. The van der Waals surface area contributed by atoms with Gasteiger partial charge in [0.05, 0.1) is 5.02 Å². The molecule has 2 aromatic rings. The van der Waals surface area contributed by atoms with Gasteiger partial charge in [-0.05, 0) is 36.1 Å². The molecule has 112 valence electrons. The molecule has 2 aromatic carbocycles. The van der Waals surface area contributed by atoms with Gasteiger partial charge >= 0.3 is 0 Å². The largest absolute Gasteiger partial charge is 0.455 e. The topological polar surface area (TPSA) is 9.23 Å². The Morgan fingerprint density at radius 3 is 2.24 bits per heavy atom. The number of alkyl halides is 1. The monoisotopic (exact) mass is 322 g/mol. The second kappa shape index (κ2) is 6.29. The summed E-state index contributed by atoms with van der Waals surface area (Å²) in [6, 6.07) is 11.9. The summed E-state index contributed by atoms with van der Waals surface area (Å²) in [6.07, 6.45) is 0. The summed E-state index contributed by atoms with van der Waals surface area (Å²) in [5, 5.41) is 0.577. The first-order valence-electron chi connectivity index (χ1n) is 6.94. The Labute approximate surface area is 136 Å². The molecule has 0 amide bonds. The van der Waals surface area contributed by atoms with Crippen LogP contribution in [0.4, 0.5) is 0 Å². The molecule has 3 heteroatoms. The van der Waals surface area contributed by atoms with E-state index in [4.69, 9.17) is 27.9 Å². The highest BCUT2D eigenvalue weighted by molar-refractivity contribution is 6.32. The standard InChI is InChI=1S/C18H20Cl2O/c1-12-5-7-16(14(9-12)18(2,3)4)21-17-8-6-13(11-19)10-15(17)20/h5-10H,11H2,1-4H3. The van der Waals surface area contributed by atoms with Gasteiger partial charge < -0.3 is 4.74 Å². The Morgan fingerprint density at radius 2 is 1.67 bits per heavy atom. The molecule has 0 aliphatic rings. The average molecular weight is 323 g/mol. The zero-order valence-corrected chi connectivity index (χ0v) is 14.3. The predicted octanol–water partition coefficient (Wildman–Crippen LogP) is 6.48. The number of ether oxygens (including phenoxy) is 1. The normalized spacial score (nSPS) is 11.5. The molecule has 0 aromatic heterocycles. The Kier molecular flexibility index (Phi) is 4.85.